The Morgan fingerprint density at radius 1 is 0.843 bits per heavy atom. The molecular weight excluding hydrogens is 665 g/mol. The zero-order chi connectivity index (χ0) is 37.0. The lowest BCUT2D eigenvalue weighted by molar-refractivity contribution is -0.136. The highest BCUT2D eigenvalue weighted by Crippen LogP contribution is 2.32. The van der Waals surface area contributed by atoms with E-state index in [1.165, 1.54) is 63.5 Å². The van der Waals surface area contributed by atoms with E-state index in [0.29, 0.717) is 34.8 Å². The number of hydrogen-bond donors (Lipinski definition) is 0. The van der Waals surface area contributed by atoms with E-state index in [1.54, 1.807) is 36.4 Å². The van der Waals surface area contributed by atoms with Crippen LogP contribution < -0.4 is 0 Å². The van der Waals surface area contributed by atoms with Gasteiger partial charge in [-0.3, -0.25) is 14.4 Å². The van der Waals surface area contributed by atoms with Crippen molar-refractivity contribution in [3.05, 3.63) is 117 Å². The number of benzene rings is 3. The van der Waals surface area contributed by atoms with Crippen LogP contribution in [0.5, 0.6) is 0 Å². The van der Waals surface area contributed by atoms with E-state index in [2.05, 4.69) is 57.0 Å². The summed E-state index contributed by atoms with van der Waals surface area (Å²) in [4.78, 5) is 41.5. The molecule has 8 heteroatoms. The summed E-state index contributed by atoms with van der Waals surface area (Å²) >= 11 is 6.07. The lowest BCUT2D eigenvalue weighted by atomic mass is 9.86. The molecule has 2 aliphatic rings. The van der Waals surface area contributed by atoms with Crippen LogP contribution in [0, 0.1) is 5.82 Å². The minimum atomic E-state index is -0.573. The standard InChI is InChI=1S/C24H32O4.C19H19ClFNO/c1-3-4-5-6-7-8-9-10-11-12-17-21-22(26)19-15-13-14-16-20(19)23(27)24(21)28-18(2)25;1-19(2,3)13-9-7-12(8-10-13)16-11-23-18(22-16)17-14(20)5-4-6-15(17)21/h13-16H,3-12,17H2,1-2H3;4-10,16H,11H2,1-3H3. The fraction of sp³-hybridized carbons (Fsp3) is 0.442. The Morgan fingerprint density at radius 2 is 1.43 bits per heavy atom. The van der Waals surface area contributed by atoms with Crippen molar-refractivity contribution in [3.8, 4) is 0 Å². The van der Waals surface area contributed by atoms with Gasteiger partial charge < -0.3 is 9.47 Å². The molecule has 0 fully saturated rings. The Morgan fingerprint density at radius 3 is 2.00 bits per heavy atom. The number of rotatable bonds is 14. The van der Waals surface area contributed by atoms with Gasteiger partial charge >= 0.3 is 5.97 Å². The number of fused-ring (bicyclic) bond motifs is 1. The number of carbonyl (C=O) groups is 3. The number of nitrogens with zero attached hydrogens (tertiary/aromatic N) is 1. The van der Waals surface area contributed by atoms with Gasteiger partial charge in [-0.2, -0.15) is 0 Å². The summed E-state index contributed by atoms with van der Waals surface area (Å²) in [5, 5.41) is 0.312. The molecule has 0 aromatic heterocycles. The maximum absolute atomic E-state index is 14.0. The fourth-order valence-corrected chi connectivity index (χ4v) is 6.50. The van der Waals surface area contributed by atoms with Crippen molar-refractivity contribution in [1.82, 2.24) is 0 Å². The third kappa shape index (κ3) is 10.9. The van der Waals surface area contributed by atoms with Gasteiger partial charge in [-0.25, -0.2) is 9.38 Å². The largest absolute Gasteiger partial charge is 0.475 e. The van der Waals surface area contributed by atoms with Crippen molar-refractivity contribution >= 4 is 35.0 Å². The number of carbonyl (C=O) groups excluding carboxylic acids is 3. The molecule has 0 amide bonds. The van der Waals surface area contributed by atoms with E-state index in [9.17, 15) is 18.8 Å². The van der Waals surface area contributed by atoms with E-state index in [4.69, 9.17) is 21.1 Å². The monoisotopic (exact) mass is 715 g/mol. The second kappa shape index (κ2) is 18.9. The number of aliphatic imine (C=N–C) groups is 1. The maximum atomic E-state index is 14.0. The molecule has 1 unspecified atom stereocenters. The summed E-state index contributed by atoms with van der Waals surface area (Å²) in [5.41, 5.74) is 3.74. The lowest BCUT2D eigenvalue weighted by Gasteiger charge is -2.20. The van der Waals surface area contributed by atoms with Crippen LogP contribution in [0.1, 0.15) is 149 Å². The van der Waals surface area contributed by atoms with E-state index >= 15 is 0 Å². The van der Waals surface area contributed by atoms with Gasteiger partial charge in [0, 0.05) is 23.6 Å². The number of unbranched alkanes of at least 4 members (excludes halogenated alkanes) is 9. The van der Waals surface area contributed by atoms with Crippen molar-refractivity contribution in [3.63, 3.8) is 0 Å². The minimum Gasteiger partial charge on any atom is -0.475 e. The number of ketones is 2. The van der Waals surface area contributed by atoms with Gasteiger partial charge in [-0.1, -0.05) is 152 Å². The molecule has 0 spiro atoms. The van der Waals surface area contributed by atoms with E-state index in [-0.39, 0.29) is 40.2 Å². The van der Waals surface area contributed by atoms with Crippen LogP contribution in [-0.2, 0) is 19.7 Å². The van der Waals surface area contributed by atoms with E-state index < -0.39 is 11.8 Å². The van der Waals surface area contributed by atoms with E-state index in [0.717, 1.165) is 24.8 Å². The average molecular weight is 716 g/mol. The summed E-state index contributed by atoms with van der Waals surface area (Å²) in [6.45, 7) is 10.4. The van der Waals surface area contributed by atoms with Gasteiger partial charge in [0.2, 0.25) is 11.7 Å². The first-order valence-corrected chi connectivity index (χ1v) is 18.7. The number of esters is 1. The molecule has 3 aromatic rings. The summed E-state index contributed by atoms with van der Waals surface area (Å²) in [6, 6.07) is 19.5. The Hall–Kier alpha value is -4.10. The molecule has 1 atom stereocenters. The first kappa shape index (κ1) is 39.7. The van der Waals surface area contributed by atoms with Gasteiger partial charge in [0.1, 0.15) is 18.5 Å². The first-order valence-electron chi connectivity index (χ1n) is 18.3. The smallest absolute Gasteiger partial charge is 0.308 e. The second-order valence-corrected chi connectivity index (χ2v) is 14.7. The van der Waals surface area contributed by atoms with Crippen molar-refractivity contribution in [2.75, 3.05) is 6.61 Å². The van der Waals surface area contributed by atoms with Crippen molar-refractivity contribution in [2.45, 2.75) is 117 Å². The molecule has 6 nitrogen and oxygen atoms in total. The van der Waals surface area contributed by atoms with Crippen LogP contribution in [0.3, 0.4) is 0 Å². The molecule has 0 saturated carbocycles. The Labute approximate surface area is 307 Å². The van der Waals surface area contributed by atoms with Crippen LogP contribution in [0.2, 0.25) is 5.02 Å². The number of hydrogen-bond acceptors (Lipinski definition) is 6. The van der Waals surface area contributed by atoms with Crippen LogP contribution in [0.4, 0.5) is 4.39 Å². The van der Waals surface area contributed by atoms with Gasteiger partial charge in [-0.15, -0.1) is 0 Å². The third-order valence-corrected chi connectivity index (χ3v) is 9.50. The summed E-state index contributed by atoms with van der Waals surface area (Å²) < 4.78 is 24.7. The molecule has 272 valence electrons. The molecule has 0 bridgehead atoms. The predicted octanol–water partition coefficient (Wildman–Crippen LogP) is 11.5. The predicted molar refractivity (Wildman–Crippen MR) is 202 cm³/mol. The highest BCUT2D eigenvalue weighted by atomic mass is 35.5. The van der Waals surface area contributed by atoms with E-state index in [1.807, 2.05) is 0 Å². The highest BCUT2D eigenvalue weighted by Gasteiger charge is 2.34. The number of Topliss-reactive ketones (excluding diaryl/α,β-unsaturated/α-hetero) is 2. The van der Waals surface area contributed by atoms with Gasteiger partial charge in [0.25, 0.3) is 0 Å². The molecule has 3 aromatic carbocycles. The topological polar surface area (TPSA) is 82.0 Å². The molecular formula is C43H51ClFNO5. The van der Waals surface area contributed by atoms with Crippen LogP contribution in [0.15, 0.2) is 83.1 Å². The van der Waals surface area contributed by atoms with Crippen LogP contribution in [-0.4, -0.2) is 30.0 Å². The molecule has 0 N–H and O–H groups in total. The number of ether oxygens (including phenoxy) is 2. The number of halogens is 2. The zero-order valence-corrected chi connectivity index (χ0v) is 31.4. The van der Waals surface area contributed by atoms with Crippen molar-refractivity contribution in [2.24, 2.45) is 4.99 Å². The average Bonchev–Trinajstić information content (AvgIpc) is 3.58. The van der Waals surface area contributed by atoms with Crippen molar-refractivity contribution < 1.29 is 28.2 Å². The normalized spacial score (nSPS) is 15.5. The first-order chi connectivity index (χ1) is 24.4. The maximum Gasteiger partial charge on any atom is 0.308 e. The second-order valence-electron chi connectivity index (χ2n) is 14.3. The molecule has 5 rings (SSSR count). The Balaban J connectivity index is 0.000000233. The van der Waals surface area contributed by atoms with Crippen LogP contribution >= 0.6 is 11.6 Å². The van der Waals surface area contributed by atoms with Crippen LogP contribution in [0.25, 0.3) is 0 Å². The van der Waals surface area contributed by atoms with Gasteiger partial charge in [0.05, 0.1) is 10.6 Å². The SMILES string of the molecule is CC(C)(C)c1ccc(C2COC(c3c(F)cccc3Cl)=N2)cc1.CCCCCCCCCCCCC1=C(OC(C)=O)C(=O)c2ccccc2C1=O. The minimum absolute atomic E-state index is 0.0767. The number of allylic oxidation sites excluding steroid dienone is 2. The van der Waals surface area contributed by atoms with Gasteiger partial charge in [-0.05, 0) is 41.5 Å². The zero-order valence-electron chi connectivity index (χ0n) is 30.7. The summed E-state index contributed by atoms with van der Waals surface area (Å²) in [7, 11) is 0. The lowest BCUT2D eigenvalue weighted by Crippen LogP contribution is -2.24. The third-order valence-electron chi connectivity index (χ3n) is 9.19. The Kier molecular flexibility index (Phi) is 14.7. The van der Waals surface area contributed by atoms with Gasteiger partial charge in [0.15, 0.2) is 11.5 Å². The highest BCUT2D eigenvalue weighted by molar-refractivity contribution is 6.34. The Bertz CT molecular complexity index is 1720. The van der Waals surface area contributed by atoms with Crippen molar-refractivity contribution in [1.29, 1.82) is 0 Å². The molecule has 0 radical (unpaired) electrons. The molecule has 0 saturated heterocycles. The fourth-order valence-electron chi connectivity index (χ4n) is 6.26. The summed E-state index contributed by atoms with van der Waals surface area (Å²) in [6.07, 6.45) is 12.4. The summed E-state index contributed by atoms with van der Waals surface area (Å²) in [5.74, 6) is -1.35. The molecule has 1 aliphatic heterocycles. The quantitative estimate of drug-likeness (QED) is 0.123. The molecule has 1 aliphatic carbocycles. The molecule has 51 heavy (non-hydrogen) atoms. The molecule has 1 heterocycles.